The van der Waals surface area contributed by atoms with E-state index in [0.717, 1.165) is 49.7 Å². The monoisotopic (exact) mass is 511 g/mol. The maximum absolute atomic E-state index is 14.1. The van der Waals surface area contributed by atoms with E-state index in [1.165, 1.54) is 18.5 Å². The Balaban J connectivity index is 1.45. The Morgan fingerprint density at radius 1 is 1.14 bits per heavy atom. The fraction of sp³-hybridized carbons (Fsp3) is 0.423. The van der Waals surface area contributed by atoms with E-state index >= 15 is 0 Å². The second-order valence-corrected chi connectivity index (χ2v) is 12.0. The molecule has 1 aromatic heterocycles. The van der Waals surface area contributed by atoms with E-state index in [0.29, 0.717) is 34.2 Å². The first-order valence-corrected chi connectivity index (χ1v) is 14.2. The molecule has 1 atom stereocenters. The van der Waals surface area contributed by atoms with Crippen LogP contribution in [0.5, 0.6) is 5.75 Å². The van der Waals surface area contributed by atoms with E-state index in [9.17, 15) is 13.4 Å². The first kappa shape index (κ1) is 24.4. The molecule has 0 radical (unpaired) electrons. The van der Waals surface area contributed by atoms with Crippen molar-refractivity contribution in [2.75, 3.05) is 29.9 Å². The second-order valence-electron chi connectivity index (χ2n) is 9.42. The zero-order valence-corrected chi connectivity index (χ0v) is 21.3. The number of amides is 1. The smallest absolute Gasteiger partial charge is 0.263 e. The van der Waals surface area contributed by atoms with Crippen LogP contribution in [0.25, 0.3) is 10.9 Å². The highest BCUT2D eigenvalue weighted by atomic mass is 32.2. The van der Waals surface area contributed by atoms with Gasteiger partial charge in [0.15, 0.2) is 6.10 Å². The number of rotatable bonds is 6. The van der Waals surface area contributed by atoms with E-state index in [1.54, 1.807) is 17.9 Å². The van der Waals surface area contributed by atoms with E-state index in [1.807, 2.05) is 19.1 Å². The van der Waals surface area contributed by atoms with Gasteiger partial charge in [-0.3, -0.25) is 4.79 Å². The highest BCUT2D eigenvalue weighted by Gasteiger charge is 2.25. The normalized spacial score (nSPS) is 17.8. The molecule has 36 heavy (non-hydrogen) atoms. The molecule has 2 fully saturated rings. The van der Waals surface area contributed by atoms with Gasteiger partial charge in [0.1, 0.15) is 23.7 Å². The van der Waals surface area contributed by atoms with Crippen LogP contribution < -0.4 is 10.1 Å². The molecule has 8 nitrogen and oxygen atoms in total. The van der Waals surface area contributed by atoms with Gasteiger partial charge < -0.3 is 15.0 Å². The summed E-state index contributed by atoms with van der Waals surface area (Å²) >= 11 is 0. The van der Waals surface area contributed by atoms with Crippen LogP contribution in [0.1, 0.15) is 38.2 Å². The Morgan fingerprint density at radius 2 is 1.89 bits per heavy atom. The van der Waals surface area contributed by atoms with Crippen LogP contribution in [0, 0.1) is 12.7 Å². The SMILES string of the molecule is Cc1cc(N=S2(=O)CCCC2)cc2ncnc(Nc3ccc(F)cc3O[C@H](C)C(=O)N3CCCC3)c12. The van der Waals surface area contributed by atoms with Crippen molar-refractivity contribution in [3.05, 3.63) is 48.0 Å². The average molecular weight is 512 g/mol. The van der Waals surface area contributed by atoms with Gasteiger partial charge in [-0.2, -0.15) is 4.36 Å². The van der Waals surface area contributed by atoms with E-state index < -0.39 is 21.7 Å². The van der Waals surface area contributed by atoms with Crippen molar-refractivity contribution in [2.24, 2.45) is 4.36 Å². The Bertz CT molecular complexity index is 1420. The summed E-state index contributed by atoms with van der Waals surface area (Å²) in [4.78, 5) is 23.3. The van der Waals surface area contributed by atoms with Crippen LogP contribution in [-0.4, -0.2) is 55.7 Å². The van der Waals surface area contributed by atoms with Crippen LogP contribution in [0.15, 0.2) is 41.0 Å². The van der Waals surface area contributed by atoms with E-state index in [2.05, 4.69) is 19.6 Å². The zero-order chi connectivity index (χ0) is 25.3. The molecule has 0 spiro atoms. The van der Waals surface area contributed by atoms with Gasteiger partial charge in [0.2, 0.25) is 0 Å². The summed E-state index contributed by atoms with van der Waals surface area (Å²) in [7, 11) is -2.20. The molecule has 1 amide bonds. The molecular formula is C26H30FN5O3S. The molecule has 0 bridgehead atoms. The van der Waals surface area contributed by atoms with Gasteiger partial charge in [-0.05, 0) is 69.4 Å². The van der Waals surface area contributed by atoms with Crippen LogP contribution in [0.3, 0.4) is 0 Å². The molecule has 5 rings (SSSR count). The number of ether oxygens (including phenoxy) is 1. The van der Waals surface area contributed by atoms with Crippen molar-refractivity contribution in [1.29, 1.82) is 0 Å². The number of hydrogen-bond acceptors (Lipinski definition) is 7. The van der Waals surface area contributed by atoms with Gasteiger partial charge in [-0.15, -0.1) is 0 Å². The maximum Gasteiger partial charge on any atom is 0.263 e. The fourth-order valence-corrected chi connectivity index (χ4v) is 7.01. The standard InChI is InChI=1S/C26H30FN5O3S/c1-17-13-20(31-36(34)11-5-6-12-36)15-22-24(17)25(29-16-28-22)30-21-8-7-19(27)14-23(21)35-18(2)26(33)32-9-3-4-10-32/h7-8,13-16,18H,3-6,9-12H2,1-2H3,(H,28,29,30)/t18-/m1/s1. The molecule has 2 aromatic carbocycles. The van der Waals surface area contributed by atoms with Crippen LogP contribution >= 0.6 is 0 Å². The zero-order valence-electron chi connectivity index (χ0n) is 20.5. The number of hydrogen-bond donors (Lipinski definition) is 1. The quantitative estimate of drug-likeness (QED) is 0.494. The van der Waals surface area contributed by atoms with Crippen molar-refractivity contribution in [2.45, 2.75) is 45.6 Å². The Kier molecular flexibility index (Phi) is 6.79. The number of anilines is 2. The molecule has 0 aliphatic carbocycles. The van der Waals surface area contributed by atoms with Gasteiger partial charge in [-0.1, -0.05) is 0 Å². The predicted octanol–water partition coefficient (Wildman–Crippen LogP) is 5.10. The summed E-state index contributed by atoms with van der Waals surface area (Å²) in [6.07, 6.45) is 4.53. The number of likely N-dealkylation sites (tertiary alicyclic amines) is 1. The largest absolute Gasteiger partial charge is 0.479 e. The van der Waals surface area contributed by atoms with Crippen molar-refractivity contribution in [3.63, 3.8) is 0 Å². The minimum absolute atomic E-state index is 0.108. The minimum atomic E-state index is -2.20. The third kappa shape index (κ3) is 5.13. The summed E-state index contributed by atoms with van der Waals surface area (Å²) in [6.45, 7) is 5.04. The number of aryl methyl sites for hydroxylation is 1. The molecule has 10 heteroatoms. The van der Waals surface area contributed by atoms with Crippen molar-refractivity contribution >= 4 is 43.7 Å². The summed E-state index contributed by atoms with van der Waals surface area (Å²) in [5.41, 5.74) is 2.67. The van der Waals surface area contributed by atoms with Crippen LogP contribution in [0.4, 0.5) is 21.6 Å². The summed E-state index contributed by atoms with van der Waals surface area (Å²) < 4.78 is 37.6. The number of halogens is 1. The van der Waals surface area contributed by atoms with Crippen LogP contribution in [-0.2, 0) is 14.5 Å². The summed E-state index contributed by atoms with van der Waals surface area (Å²) in [6, 6.07) is 7.86. The molecular weight excluding hydrogens is 481 g/mol. The Hall–Kier alpha value is -3.27. The number of nitrogens with zero attached hydrogens (tertiary/aromatic N) is 4. The van der Waals surface area contributed by atoms with Gasteiger partial charge in [0.25, 0.3) is 5.91 Å². The maximum atomic E-state index is 14.1. The first-order chi connectivity index (χ1) is 17.3. The van der Waals surface area contributed by atoms with E-state index in [4.69, 9.17) is 4.74 Å². The highest BCUT2D eigenvalue weighted by molar-refractivity contribution is 7.93. The highest BCUT2D eigenvalue weighted by Crippen LogP contribution is 2.34. The average Bonchev–Trinajstić information content (AvgIpc) is 3.52. The number of carbonyl (C=O) groups excluding carboxylic acids is 1. The molecule has 2 aliphatic rings. The molecule has 0 unspecified atom stereocenters. The Morgan fingerprint density at radius 3 is 2.64 bits per heavy atom. The van der Waals surface area contributed by atoms with Crippen molar-refractivity contribution in [3.8, 4) is 5.75 Å². The third-order valence-corrected chi connectivity index (χ3v) is 9.03. The number of nitrogens with one attached hydrogen (secondary N) is 1. The fourth-order valence-electron chi connectivity index (χ4n) is 4.82. The van der Waals surface area contributed by atoms with Gasteiger partial charge >= 0.3 is 0 Å². The van der Waals surface area contributed by atoms with Crippen molar-refractivity contribution in [1.82, 2.24) is 14.9 Å². The molecule has 3 aromatic rings. The second kappa shape index (κ2) is 10.0. The minimum Gasteiger partial charge on any atom is -0.479 e. The van der Waals surface area contributed by atoms with Gasteiger partial charge in [0, 0.05) is 36.0 Å². The lowest BCUT2D eigenvalue weighted by Gasteiger charge is -2.22. The molecule has 1 N–H and O–H groups in total. The summed E-state index contributed by atoms with van der Waals surface area (Å²) in [5, 5.41) is 4.02. The van der Waals surface area contributed by atoms with Gasteiger partial charge in [0.05, 0.1) is 26.6 Å². The number of benzene rings is 2. The molecule has 3 heterocycles. The number of carbonyl (C=O) groups is 1. The van der Waals surface area contributed by atoms with E-state index in [-0.39, 0.29) is 11.7 Å². The van der Waals surface area contributed by atoms with Crippen molar-refractivity contribution < 1.29 is 18.1 Å². The molecule has 0 saturated carbocycles. The van der Waals surface area contributed by atoms with Crippen LogP contribution in [0.2, 0.25) is 0 Å². The topological polar surface area (TPSA) is 96.8 Å². The number of aromatic nitrogens is 2. The molecule has 2 aliphatic heterocycles. The molecule has 190 valence electrons. The predicted molar refractivity (Wildman–Crippen MR) is 139 cm³/mol. The summed E-state index contributed by atoms with van der Waals surface area (Å²) in [5.74, 6) is 1.43. The number of fused-ring (bicyclic) bond motifs is 1. The molecule has 2 saturated heterocycles. The van der Waals surface area contributed by atoms with Gasteiger partial charge in [-0.25, -0.2) is 18.6 Å². The lowest BCUT2D eigenvalue weighted by molar-refractivity contribution is -0.136. The lowest BCUT2D eigenvalue weighted by Crippen LogP contribution is -2.38. The Labute approximate surface area is 210 Å². The lowest BCUT2D eigenvalue weighted by atomic mass is 10.1. The first-order valence-electron chi connectivity index (χ1n) is 12.3. The third-order valence-electron chi connectivity index (χ3n) is 6.63.